The lowest BCUT2D eigenvalue weighted by Gasteiger charge is -2.07. The number of carbonyl (C=O) groups is 2. The van der Waals surface area contributed by atoms with E-state index in [1.807, 2.05) is 0 Å². The Labute approximate surface area is 125 Å². The average Bonchev–Trinajstić information content (AvgIpc) is 3.27. The van der Waals surface area contributed by atoms with Gasteiger partial charge in [0.1, 0.15) is 6.54 Å². The molecule has 112 valence electrons. The molecule has 1 fully saturated rings. The Bertz CT molecular complexity index is 586. The van der Waals surface area contributed by atoms with Crippen LogP contribution in [0.2, 0.25) is 5.02 Å². The van der Waals surface area contributed by atoms with E-state index in [1.165, 1.54) is 12.1 Å². The second-order valence-electron chi connectivity index (χ2n) is 4.73. The van der Waals surface area contributed by atoms with Crippen LogP contribution in [0.4, 0.5) is 5.69 Å². The van der Waals surface area contributed by atoms with Crippen molar-refractivity contribution in [2.24, 2.45) is 5.92 Å². The second-order valence-corrected chi connectivity index (χ2v) is 5.14. The number of carbonyl (C=O) groups excluding carboxylic acids is 2. The summed E-state index contributed by atoms with van der Waals surface area (Å²) >= 11 is 5.82. The molecule has 0 atom stereocenters. The summed E-state index contributed by atoms with van der Waals surface area (Å²) in [5.74, 6) is -0.764. The molecule has 1 aliphatic rings. The van der Waals surface area contributed by atoms with Gasteiger partial charge < -0.3 is 10.1 Å². The zero-order chi connectivity index (χ0) is 15.4. The molecule has 8 heteroatoms. The Hall–Kier alpha value is -2.15. The van der Waals surface area contributed by atoms with Gasteiger partial charge in [0, 0.05) is 12.1 Å². The van der Waals surface area contributed by atoms with Gasteiger partial charge in [0.15, 0.2) is 0 Å². The number of non-ortho nitro benzene ring substituents is 1. The van der Waals surface area contributed by atoms with Gasteiger partial charge in [0.25, 0.3) is 11.6 Å². The van der Waals surface area contributed by atoms with Crippen LogP contribution in [0, 0.1) is 16.0 Å². The van der Waals surface area contributed by atoms with Crippen molar-refractivity contribution < 1.29 is 19.2 Å². The van der Waals surface area contributed by atoms with Crippen molar-refractivity contribution in [1.29, 1.82) is 0 Å². The van der Waals surface area contributed by atoms with Crippen LogP contribution in [0.25, 0.3) is 0 Å². The molecule has 0 unspecified atom stereocenters. The van der Waals surface area contributed by atoms with E-state index in [-0.39, 0.29) is 22.8 Å². The quantitative estimate of drug-likeness (QED) is 0.491. The van der Waals surface area contributed by atoms with Gasteiger partial charge in [0.2, 0.25) is 0 Å². The largest absolute Gasteiger partial charge is 0.464 e. The van der Waals surface area contributed by atoms with Crippen molar-refractivity contribution in [3.63, 3.8) is 0 Å². The molecule has 0 radical (unpaired) electrons. The number of esters is 1. The maximum Gasteiger partial charge on any atom is 0.325 e. The molecule has 0 heterocycles. The van der Waals surface area contributed by atoms with Crippen LogP contribution >= 0.6 is 11.6 Å². The van der Waals surface area contributed by atoms with Gasteiger partial charge in [-0.3, -0.25) is 19.7 Å². The molecule has 7 nitrogen and oxygen atoms in total. The van der Waals surface area contributed by atoms with Crippen molar-refractivity contribution >= 4 is 29.2 Å². The van der Waals surface area contributed by atoms with E-state index in [0.717, 1.165) is 18.9 Å². The summed E-state index contributed by atoms with van der Waals surface area (Å²) in [6.45, 7) is 0.0663. The Balaban J connectivity index is 1.91. The van der Waals surface area contributed by atoms with Crippen molar-refractivity contribution in [2.45, 2.75) is 12.8 Å². The summed E-state index contributed by atoms with van der Waals surface area (Å²) in [5.41, 5.74) is -0.304. The lowest BCUT2D eigenvalue weighted by atomic mass is 10.2. The number of nitrogens with one attached hydrogen (secondary N) is 1. The van der Waals surface area contributed by atoms with Crippen LogP contribution < -0.4 is 5.32 Å². The van der Waals surface area contributed by atoms with Crippen LogP contribution in [0.3, 0.4) is 0 Å². The van der Waals surface area contributed by atoms with E-state index >= 15 is 0 Å². The molecule has 0 bridgehead atoms. The summed E-state index contributed by atoms with van der Waals surface area (Å²) < 4.78 is 4.95. The molecule has 0 spiro atoms. The average molecular weight is 313 g/mol. The molecule has 2 rings (SSSR count). The molecule has 1 saturated carbocycles. The first-order chi connectivity index (χ1) is 9.97. The topological polar surface area (TPSA) is 98.5 Å². The molecule has 0 aromatic heterocycles. The lowest BCUT2D eigenvalue weighted by Crippen LogP contribution is -2.31. The third-order valence-corrected chi connectivity index (χ3v) is 3.31. The normalized spacial score (nSPS) is 13.6. The van der Waals surface area contributed by atoms with Gasteiger partial charge in [-0.1, -0.05) is 11.6 Å². The van der Waals surface area contributed by atoms with Gasteiger partial charge in [0.05, 0.1) is 22.1 Å². The minimum absolute atomic E-state index is 0.0548. The number of nitro groups is 1. The van der Waals surface area contributed by atoms with E-state index in [1.54, 1.807) is 0 Å². The SMILES string of the molecule is O=C(CNC(=O)c1cc([N+](=O)[O-])ccc1Cl)OCC1CC1. The number of benzene rings is 1. The van der Waals surface area contributed by atoms with E-state index in [0.29, 0.717) is 12.5 Å². The minimum Gasteiger partial charge on any atom is -0.464 e. The molecular formula is C13H13ClN2O5. The number of rotatable bonds is 6. The van der Waals surface area contributed by atoms with Crippen molar-refractivity contribution in [1.82, 2.24) is 5.32 Å². The fraction of sp³-hybridized carbons (Fsp3) is 0.385. The minimum atomic E-state index is -0.660. The van der Waals surface area contributed by atoms with Crippen LogP contribution in [-0.2, 0) is 9.53 Å². The molecule has 1 aromatic carbocycles. The fourth-order valence-electron chi connectivity index (χ4n) is 1.59. The highest BCUT2D eigenvalue weighted by molar-refractivity contribution is 6.34. The summed E-state index contributed by atoms with van der Waals surface area (Å²) in [6, 6.07) is 3.52. The van der Waals surface area contributed by atoms with Gasteiger partial charge >= 0.3 is 5.97 Å². The predicted molar refractivity (Wildman–Crippen MR) is 74.1 cm³/mol. The van der Waals surface area contributed by atoms with Crippen molar-refractivity contribution in [3.05, 3.63) is 38.9 Å². The van der Waals surface area contributed by atoms with Gasteiger partial charge in [-0.15, -0.1) is 0 Å². The second kappa shape index (κ2) is 6.53. The van der Waals surface area contributed by atoms with Crippen LogP contribution in [0.1, 0.15) is 23.2 Å². The zero-order valence-electron chi connectivity index (χ0n) is 11.0. The van der Waals surface area contributed by atoms with Crippen molar-refractivity contribution in [2.75, 3.05) is 13.2 Å². The summed E-state index contributed by atoms with van der Waals surface area (Å²) in [5, 5.41) is 13.1. The third-order valence-electron chi connectivity index (χ3n) is 2.98. The first-order valence-corrected chi connectivity index (χ1v) is 6.73. The smallest absolute Gasteiger partial charge is 0.325 e. The lowest BCUT2D eigenvalue weighted by molar-refractivity contribution is -0.384. The van der Waals surface area contributed by atoms with Gasteiger partial charge in [-0.2, -0.15) is 0 Å². The number of hydrogen-bond acceptors (Lipinski definition) is 5. The Morgan fingerprint density at radius 1 is 1.43 bits per heavy atom. The highest BCUT2D eigenvalue weighted by Crippen LogP contribution is 2.28. The molecule has 1 N–H and O–H groups in total. The van der Waals surface area contributed by atoms with E-state index in [4.69, 9.17) is 16.3 Å². The highest BCUT2D eigenvalue weighted by atomic mass is 35.5. The molecule has 1 aromatic rings. The number of hydrogen-bond donors (Lipinski definition) is 1. The van der Waals surface area contributed by atoms with E-state index < -0.39 is 16.8 Å². The molecular weight excluding hydrogens is 300 g/mol. The standard InChI is InChI=1S/C13H13ClN2O5/c14-11-4-3-9(16(19)20)5-10(11)13(18)15-6-12(17)21-7-8-1-2-8/h3-5,8H,1-2,6-7H2,(H,15,18). The Kier molecular flexibility index (Phi) is 4.74. The predicted octanol–water partition coefficient (Wildman–Crippen LogP) is 1.93. The van der Waals surface area contributed by atoms with Crippen molar-refractivity contribution in [3.8, 4) is 0 Å². The summed E-state index contributed by atoms with van der Waals surface area (Å²) in [4.78, 5) is 33.3. The first kappa shape index (κ1) is 15.2. The maximum absolute atomic E-state index is 11.9. The Morgan fingerprint density at radius 2 is 2.14 bits per heavy atom. The van der Waals surface area contributed by atoms with Gasteiger partial charge in [-0.25, -0.2) is 0 Å². The fourth-order valence-corrected chi connectivity index (χ4v) is 1.80. The van der Waals surface area contributed by atoms with Gasteiger partial charge in [-0.05, 0) is 24.8 Å². The number of halogens is 1. The van der Waals surface area contributed by atoms with Crippen LogP contribution in [0.5, 0.6) is 0 Å². The highest BCUT2D eigenvalue weighted by Gasteiger charge is 2.23. The molecule has 0 aliphatic heterocycles. The first-order valence-electron chi connectivity index (χ1n) is 6.35. The summed E-state index contributed by atoms with van der Waals surface area (Å²) in [7, 11) is 0. The maximum atomic E-state index is 11.9. The number of amides is 1. The third kappa shape index (κ3) is 4.42. The van der Waals surface area contributed by atoms with Crippen LogP contribution in [-0.4, -0.2) is 30.0 Å². The number of nitro benzene ring substituents is 1. The molecule has 1 aliphatic carbocycles. The van der Waals surface area contributed by atoms with E-state index in [2.05, 4.69) is 5.32 Å². The Morgan fingerprint density at radius 3 is 2.76 bits per heavy atom. The van der Waals surface area contributed by atoms with Crippen LogP contribution in [0.15, 0.2) is 18.2 Å². The zero-order valence-corrected chi connectivity index (χ0v) is 11.8. The number of ether oxygens (including phenoxy) is 1. The molecule has 21 heavy (non-hydrogen) atoms. The summed E-state index contributed by atoms with van der Waals surface area (Å²) in [6.07, 6.45) is 2.12. The molecule has 0 saturated heterocycles. The number of nitrogens with zero attached hydrogens (tertiary/aromatic N) is 1. The molecule has 1 amide bonds. The monoisotopic (exact) mass is 312 g/mol. The van der Waals surface area contributed by atoms with E-state index in [9.17, 15) is 19.7 Å².